The van der Waals surface area contributed by atoms with Crippen LogP contribution >= 0.6 is 12.2 Å². The van der Waals surface area contributed by atoms with Crippen LogP contribution in [0.1, 0.15) is 49.4 Å². The third-order valence-corrected chi connectivity index (χ3v) is 7.30. The molecule has 0 atom stereocenters. The van der Waals surface area contributed by atoms with Crippen molar-refractivity contribution >= 4 is 38.9 Å². The SMILES string of the molecule is CCCCCOc1ccccc1C(=O)NC(=S)Nc1ccc(S(=O)(=O)N2CCCC2)cc1. The molecule has 1 amide bonds. The molecule has 32 heavy (non-hydrogen) atoms. The third-order valence-electron chi connectivity index (χ3n) is 5.18. The number of benzene rings is 2. The van der Waals surface area contributed by atoms with Crippen LogP contribution in [-0.2, 0) is 10.0 Å². The van der Waals surface area contributed by atoms with Gasteiger partial charge in [0.1, 0.15) is 5.75 Å². The van der Waals surface area contributed by atoms with E-state index in [-0.39, 0.29) is 15.9 Å². The topological polar surface area (TPSA) is 87.7 Å². The summed E-state index contributed by atoms with van der Waals surface area (Å²) in [6.45, 7) is 3.79. The fraction of sp³-hybridized carbons (Fsp3) is 0.391. The summed E-state index contributed by atoms with van der Waals surface area (Å²) in [5, 5.41) is 5.69. The number of carbonyl (C=O) groups is 1. The van der Waals surface area contributed by atoms with Crippen molar-refractivity contribution in [3.63, 3.8) is 0 Å². The number of amides is 1. The van der Waals surface area contributed by atoms with Crippen LogP contribution in [0.15, 0.2) is 53.4 Å². The summed E-state index contributed by atoms with van der Waals surface area (Å²) in [5.41, 5.74) is 0.986. The molecular formula is C23H29N3O4S2. The Morgan fingerprint density at radius 3 is 2.44 bits per heavy atom. The molecule has 0 unspecified atom stereocenters. The number of unbranched alkanes of at least 4 members (excludes halogenated alkanes) is 2. The number of carbonyl (C=O) groups excluding carboxylic acids is 1. The highest BCUT2D eigenvalue weighted by atomic mass is 32.2. The molecule has 0 radical (unpaired) electrons. The van der Waals surface area contributed by atoms with Gasteiger partial charge in [0.25, 0.3) is 5.91 Å². The van der Waals surface area contributed by atoms with E-state index >= 15 is 0 Å². The van der Waals surface area contributed by atoms with E-state index in [1.807, 2.05) is 6.07 Å². The molecule has 7 nitrogen and oxygen atoms in total. The van der Waals surface area contributed by atoms with E-state index < -0.39 is 10.0 Å². The third kappa shape index (κ3) is 6.27. The molecule has 1 fully saturated rings. The van der Waals surface area contributed by atoms with Crippen molar-refractivity contribution in [3.8, 4) is 5.75 Å². The van der Waals surface area contributed by atoms with E-state index in [1.165, 1.54) is 4.31 Å². The minimum absolute atomic E-state index is 0.117. The molecule has 0 spiro atoms. The Hall–Kier alpha value is -2.49. The first-order valence-corrected chi connectivity index (χ1v) is 12.7. The normalized spacial score (nSPS) is 14.2. The maximum atomic E-state index is 12.7. The Labute approximate surface area is 195 Å². The number of hydrogen-bond acceptors (Lipinski definition) is 5. The fourth-order valence-electron chi connectivity index (χ4n) is 3.43. The number of anilines is 1. The number of nitrogens with zero attached hydrogens (tertiary/aromatic N) is 1. The summed E-state index contributed by atoms with van der Waals surface area (Å²) in [7, 11) is -3.47. The summed E-state index contributed by atoms with van der Waals surface area (Å²) in [4.78, 5) is 12.9. The summed E-state index contributed by atoms with van der Waals surface area (Å²) in [6, 6.07) is 13.4. The first-order valence-electron chi connectivity index (χ1n) is 10.9. The molecule has 1 saturated heterocycles. The molecule has 1 aliphatic rings. The number of sulfonamides is 1. The first-order chi connectivity index (χ1) is 15.4. The average Bonchev–Trinajstić information content (AvgIpc) is 3.33. The smallest absolute Gasteiger partial charge is 0.261 e. The molecule has 0 saturated carbocycles. The minimum atomic E-state index is -3.47. The Balaban J connectivity index is 1.58. The molecule has 0 aliphatic carbocycles. The highest BCUT2D eigenvalue weighted by molar-refractivity contribution is 7.89. The number of ether oxygens (including phenoxy) is 1. The van der Waals surface area contributed by atoms with E-state index in [0.29, 0.717) is 36.7 Å². The van der Waals surface area contributed by atoms with E-state index in [2.05, 4.69) is 17.6 Å². The van der Waals surface area contributed by atoms with Crippen molar-refractivity contribution in [1.82, 2.24) is 9.62 Å². The monoisotopic (exact) mass is 475 g/mol. The molecule has 1 aliphatic heterocycles. The zero-order valence-corrected chi connectivity index (χ0v) is 19.8. The minimum Gasteiger partial charge on any atom is -0.493 e. The summed E-state index contributed by atoms with van der Waals surface area (Å²) >= 11 is 5.26. The molecule has 2 N–H and O–H groups in total. The molecular weight excluding hydrogens is 446 g/mol. The van der Waals surface area contributed by atoms with Gasteiger partial charge in [-0.2, -0.15) is 4.31 Å². The summed E-state index contributed by atoms with van der Waals surface area (Å²) in [5.74, 6) is 0.141. The van der Waals surface area contributed by atoms with Crippen molar-refractivity contribution in [2.45, 2.75) is 43.9 Å². The van der Waals surface area contributed by atoms with Gasteiger partial charge >= 0.3 is 0 Å². The van der Waals surface area contributed by atoms with Crippen LogP contribution in [0, 0.1) is 0 Å². The molecule has 0 bridgehead atoms. The quantitative estimate of drug-likeness (QED) is 0.418. The lowest BCUT2D eigenvalue weighted by Gasteiger charge is -2.16. The molecule has 2 aromatic rings. The van der Waals surface area contributed by atoms with Crippen molar-refractivity contribution in [2.75, 3.05) is 25.0 Å². The van der Waals surface area contributed by atoms with Crippen molar-refractivity contribution in [3.05, 3.63) is 54.1 Å². The van der Waals surface area contributed by atoms with Crippen molar-refractivity contribution < 1.29 is 17.9 Å². The van der Waals surface area contributed by atoms with Gasteiger partial charge in [-0.05, 0) is 67.9 Å². The second-order valence-corrected chi connectivity index (χ2v) is 9.94. The Morgan fingerprint density at radius 2 is 1.75 bits per heavy atom. The molecule has 3 rings (SSSR count). The van der Waals surface area contributed by atoms with Gasteiger partial charge in [0.2, 0.25) is 10.0 Å². The van der Waals surface area contributed by atoms with Gasteiger partial charge in [-0.3, -0.25) is 10.1 Å². The van der Waals surface area contributed by atoms with Gasteiger partial charge in [0.15, 0.2) is 5.11 Å². The van der Waals surface area contributed by atoms with Gasteiger partial charge in [-0.25, -0.2) is 8.42 Å². The van der Waals surface area contributed by atoms with Gasteiger partial charge < -0.3 is 10.1 Å². The molecule has 172 valence electrons. The Bertz CT molecular complexity index is 1030. The van der Waals surface area contributed by atoms with Crippen molar-refractivity contribution in [1.29, 1.82) is 0 Å². The van der Waals surface area contributed by atoms with Crippen LogP contribution in [0.5, 0.6) is 5.75 Å². The van der Waals surface area contributed by atoms with Crippen molar-refractivity contribution in [2.24, 2.45) is 0 Å². The number of rotatable bonds is 9. The highest BCUT2D eigenvalue weighted by Gasteiger charge is 2.26. The predicted octanol–water partition coefficient (Wildman–Crippen LogP) is 4.17. The molecule has 9 heteroatoms. The fourth-order valence-corrected chi connectivity index (χ4v) is 5.16. The highest BCUT2D eigenvalue weighted by Crippen LogP contribution is 2.22. The van der Waals surface area contributed by atoms with Crippen LogP contribution in [0.3, 0.4) is 0 Å². The van der Waals surface area contributed by atoms with E-state index in [9.17, 15) is 13.2 Å². The maximum absolute atomic E-state index is 12.7. The van der Waals surface area contributed by atoms with Crippen LogP contribution in [-0.4, -0.2) is 43.4 Å². The number of nitrogens with one attached hydrogen (secondary N) is 2. The summed E-state index contributed by atoms with van der Waals surface area (Å²) in [6.07, 6.45) is 4.87. The maximum Gasteiger partial charge on any atom is 0.261 e. The second-order valence-electron chi connectivity index (χ2n) is 7.60. The Morgan fingerprint density at radius 1 is 1.06 bits per heavy atom. The molecule has 1 heterocycles. The van der Waals surface area contributed by atoms with E-state index in [1.54, 1.807) is 42.5 Å². The van der Waals surface area contributed by atoms with E-state index in [0.717, 1.165) is 32.1 Å². The lowest BCUT2D eigenvalue weighted by atomic mass is 10.2. The van der Waals surface area contributed by atoms with Crippen LogP contribution in [0.2, 0.25) is 0 Å². The van der Waals surface area contributed by atoms with Crippen LogP contribution in [0.4, 0.5) is 5.69 Å². The average molecular weight is 476 g/mol. The zero-order chi connectivity index (χ0) is 23.0. The van der Waals surface area contributed by atoms with Gasteiger partial charge in [0, 0.05) is 18.8 Å². The molecule has 0 aromatic heterocycles. The zero-order valence-electron chi connectivity index (χ0n) is 18.2. The Kier molecular flexibility index (Phi) is 8.60. The lowest BCUT2D eigenvalue weighted by Crippen LogP contribution is -2.34. The van der Waals surface area contributed by atoms with Gasteiger partial charge in [0.05, 0.1) is 17.1 Å². The number of hydrogen-bond donors (Lipinski definition) is 2. The summed E-state index contributed by atoms with van der Waals surface area (Å²) < 4.78 is 32.5. The molecule has 2 aromatic carbocycles. The largest absolute Gasteiger partial charge is 0.493 e. The predicted molar refractivity (Wildman–Crippen MR) is 130 cm³/mol. The standard InChI is InChI=1S/C23H29N3O4S2/c1-2-3-8-17-30-21-10-5-4-9-20(21)22(27)25-23(31)24-18-11-13-19(14-12-18)32(28,29)26-15-6-7-16-26/h4-5,9-14H,2-3,6-8,15-17H2,1H3,(H2,24,25,27,31). The van der Waals surface area contributed by atoms with Crippen LogP contribution < -0.4 is 15.4 Å². The first kappa shape index (κ1) is 24.2. The van der Waals surface area contributed by atoms with Gasteiger partial charge in [-0.15, -0.1) is 0 Å². The second kappa shape index (κ2) is 11.4. The van der Waals surface area contributed by atoms with Crippen LogP contribution in [0.25, 0.3) is 0 Å². The van der Waals surface area contributed by atoms with Gasteiger partial charge in [-0.1, -0.05) is 31.9 Å². The number of para-hydroxylation sites is 1. The number of thiocarbonyl (C=S) groups is 1. The van der Waals surface area contributed by atoms with E-state index in [4.69, 9.17) is 17.0 Å². The lowest BCUT2D eigenvalue weighted by molar-refractivity contribution is 0.0973.